The predicted octanol–water partition coefficient (Wildman–Crippen LogP) is 4.36. The van der Waals surface area contributed by atoms with Crippen LogP contribution in [-0.2, 0) is 19.1 Å². The monoisotopic (exact) mass is 366 g/mol. The van der Waals surface area contributed by atoms with Gasteiger partial charge in [-0.1, -0.05) is 72.9 Å². The zero-order valence-electron chi connectivity index (χ0n) is 15.8. The topological polar surface area (TPSA) is 52.6 Å². The lowest BCUT2D eigenvalue weighted by Crippen LogP contribution is -2.46. The van der Waals surface area contributed by atoms with E-state index in [1.807, 2.05) is 54.6 Å². The summed E-state index contributed by atoms with van der Waals surface area (Å²) < 4.78 is 9.98. The average Bonchev–Trinajstić information content (AvgIpc) is 2.96. The van der Waals surface area contributed by atoms with Crippen LogP contribution in [0.1, 0.15) is 18.4 Å². The Morgan fingerprint density at radius 3 is 2.33 bits per heavy atom. The summed E-state index contributed by atoms with van der Waals surface area (Å²) in [6, 6.07) is 9.99. The number of carbonyl (C=O) groups excluding carboxylic acids is 2. The lowest BCUT2D eigenvalue weighted by molar-refractivity contribution is -0.172. The Labute approximate surface area is 160 Å². The lowest BCUT2D eigenvalue weighted by Gasteiger charge is -2.34. The number of carbonyl (C=O) groups is 2. The fraction of sp³-hybridized carbons (Fsp3) is 0.304. The quantitative estimate of drug-likeness (QED) is 0.409. The van der Waals surface area contributed by atoms with Crippen molar-refractivity contribution < 1.29 is 19.1 Å². The van der Waals surface area contributed by atoms with E-state index in [4.69, 9.17) is 9.47 Å². The highest BCUT2D eigenvalue weighted by Crippen LogP contribution is 2.41. The first-order valence-electron chi connectivity index (χ1n) is 8.94. The minimum absolute atomic E-state index is 0.0590. The van der Waals surface area contributed by atoms with Crippen molar-refractivity contribution in [2.24, 2.45) is 17.3 Å². The van der Waals surface area contributed by atoms with E-state index >= 15 is 0 Å². The molecular weight excluding hydrogens is 340 g/mol. The van der Waals surface area contributed by atoms with Gasteiger partial charge in [-0.2, -0.15) is 0 Å². The summed E-state index contributed by atoms with van der Waals surface area (Å²) in [7, 11) is 2.57. The van der Waals surface area contributed by atoms with Crippen LogP contribution in [0, 0.1) is 17.3 Å². The van der Waals surface area contributed by atoms with Gasteiger partial charge in [-0.15, -0.1) is 6.58 Å². The van der Waals surface area contributed by atoms with Gasteiger partial charge < -0.3 is 9.47 Å². The molecule has 1 aromatic carbocycles. The fourth-order valence-corrected chi connectivity index (χ4v) is 3.46. The van der Waals surface area contributed by atoms with E-state index in [2.05, 4.69) is 18.7 Å². The van der Waals surface area contributed by atoms with Crippen LogP contribution in [0.25, 0.3) is 6.08 Å². The van der Waals surface area contributed by atoms with Gasteiger partial charge in [0.15, 0.2) is 5.41 Å². The maximum Gasteiger partial charge on any atom is 0.324 e. The van der Waals surface area contributed by atoms with Gasteiger partial charge in [-0.3, -0.25) is 9.59 Å². The molecule has 0 saturated heterocycles. The summed E-state index contributed by atoms with van der Waals surface area (Å²) in [4.78, 5) is 25.4. The maximum atomic E-state index is 12.7. The molecule has 0 spiro atoms. The molecule has 0 aliphatic heterocycles. The highest BCUT2D eigenvalue weighted by Gasteiger charge is 2.53. The minimum atomic E-state index is -1.44. The van der Waals surface area contributed by atoms with E-state index in [-0.39, 0.29) is 18.3 Å². The van der Waals surface area contributed by atoms with Gasteiger partial charge in [0, 0.05) is 5.92 Å². The second kappa shape index (κ2) is 9.72. The molecule has 1 aromatic rings. The molecule has 0 unspecified atom stereocenters. The van der Waals surface area contributed by atoms with E-state index in [1.165, 1.54) is 14.2 Å². The molecule has 0 saturated carbocycles. The van der Waals surface area contributed by atoms with Crippen LogP contribution in [-0.4, -0.2) is 26.2 Å². The standard InChI is InChI=1S/C23H26O4/c1-4-16-23(21(24)26-2,22(25)27-3)20-13-9-8-12-19(17-20)15-14-18-10-6-5-7-11-18/h4-15,19-20H,1,16-17H2,2-3H3/b15-14+/t19-,20-/m0/s1. The zero-order valence-corrected chi connectivity index (χ0v) is 15.8. The molecule has 0 N–H and O–H groups in total. The van der Waals surface area contributed by atoms with Gasteiger partial charge >= 0.3 is 11.9 Å². The molecule has 0 fully saturated rings. The molecular formula is C23H26O4. The first-order valence-corrected chi connectivity index (χ1v) is 8.94. The van der Waals surface area contributed by atoms with Gasteiger partial charge in [0.2, 0.25) is 0 Å². The fourth-order valence-electron chi connectivity index (χ4n) is 3.46. The van der Waals surface area contributed by atoms with Crippen LogP contribution < -0.4 is 0 Å². The van der Waals surface area contributed by atoms with Crippen molar-refractivity contribution in [1.29, 1.82) is 0 Å². The number of hydrogen-bond acceptors (Lipinski definition) is 4. The van der Waals surface area contributed by atoms with Crippen LogP contribution in [0.2, 0.25) is 0 Å². The van der Waals surface area contributed by atoms with E-state index in [1.54, 1.807) is 6.08 Å². The van der Waals surface area contributed by atoms with Crippen molar-refractivity contribution in [1.82, 2.24) is 0 Å². The van der Waals surface area contributed by atoms with Crippen molar-refractivity contribution in [2.45, 2.75) is 12.8 Å². The third-order valence-corrected chi connectivity index (χ3v) is 4.87. The molecule has 0 amide bonds. The van der Waals surface area contributed by atoms with E-state index < -0.39 is 17.4 Å². The van der Waals surface area contributed by atoms with Crippen LogP contribution in [0.4, 0.5) is 0 Å². The molecule has 4 nitrogen and oxygen atoms in total. The number of rotatable bonds is 7. The van der Waals surface area contributed by atoms with E-state index in [0.717, 1.165) is 5.56 Å². The summed E-state index contributed by atoms with van der Waals surface area (Å²) in [5, 5.41) is 0. The maximum absolute atomic E-state index is 12.7. The number of ether oxygens (including phenoxy) is 2. The van der Waals surface area contributed by atoms with Gasteiger partial charge in [0.25, 0.3) is 0 Å². The van der Waals surface area contributed by atoms with Crippen molar-refractivity contribution >= 4 is 18.0 Å². The van der Waals surface area contributed by atoms with Gasteiger partial charge in [0.1, 0.15) is 0 Å². The molecule has 142 valence electrons. The second-order valence-corrected chi connectivity index (χ2v) is 6.49. The number of hydrogen-bond donors (Lipinski definition) is 0. The summed E-state index contributed by atoms with van der Waals surface area (Å²) in [5.74, 6) is -1.52. The van der Waals surface area contributed by atoms with Gasteiger partial charge in [0.05, 0.1) is 14.2 Å². The Morgan fingerprint density at radius 1 is 1.11 bits per heavy atom. The summed E-state index contributed by atoms with van der Waals surface area (Å²) in [6.07, 6.45) is 14.2. The molecule has 27 heavy (non-hydrogen) atoms. The minimum Gasteiger partial charge on any atom is -0.468 e. The first-order chi connectivity index (χ1) is 13.1. The summed E-state index contributed by atoms with van der Waals surface area (Å²) >= 11 is 0. The van der Waals surface area contributed by atoms with E-state index in [9.17, 15) is 9.59 Å². The predicted molar refractivity (Wildman–Crippen MR) is 107 cm³/mol. The van der Waals surface area contributed by atoms with Crippen molar-refractivity contribution in [3.63, 3.8) is 0 Å². The Kier molecular flexibility index (Phi) is 7.35. The molecule has 0 radical (unpaired) electrons. The Hall–Kier alpha value is -2.88. The highest BCUT2D eigenvalue weighted by molar-refractivity contribution is 6.01. The largest absolute Gasteiger partial charge is 0.468 e. The molecule has 0 heterocycles. The van der Waals surface area contributed by atoms with Crippen LogP contribution in [0.15, 0.2) is 73.4 Å². The molecule has 0 bridgehead atoms. The van der Waals surface area contributed by atoms with E-state index in [0.29, 0.717) is 6.42 Å². The SMILES string of the molecule is C=CCC(C(=O)OC)(C(=O)OC)[C@H]1C=CC=C[C@@H](/C=C/c2ccccc2)C1. The van der Waals surface area contributed by atoms with Gasteiger partial charge in [-0.05, 0) is 24.3 Å². The Morgan fingerprint density at radius 2 is 1.74 bits per heavy atom. The Bertz CT molecular complexity index is 727. The van der Waals surface area contributed by atoms with Gasteiger partial charge in [-0.25, -0.2) is 0 Å². The van der Waals surface area contributed by atoms with Crippen LogP contribution >= 0.6 is 0 Å². The molecule has 2 atom stereocenters. The summed E-state index contributed by atoms with van der Waals surface area (Å²) in [6.45, 7) is 3.72. The number of allylic oxidation sites excluding steroid dienone is 6. The molecule has 1 aliphatic rings. The zero-order chi connectivity index (χ0) is 19.7. The third-order valence-electron chi connectivity index (χ3n) is 4.87. The molecule has 0 aromatic heterocycles. The van der Waals surface area contributed by atoms with Crippen LogP contribution in [0.5, 0.6) is 0 Å². The lowest BCUT2D eigenvalue weighted by atomic mass is 9.69. The molecule has 1 aliphatic carbocycles. The highest BCUT2D eigenvalue weighted by atomic mass is 16.5. The molecule has 2 rings (SSSR count). The van der Waals surface area contributed by atoms with Crippen molar-refractivity contribution in [3.05, 3.63) is 78.9 Å². The number of esters is 2. The van der Waals surface area contributed by atoms with Crippen molar-refractivity contribution in [2.75, 3.05) is 14.2 Å². The Balaban J connectivity index is 2.35. The molecule has 4 heteroatoms. The number of benzene rings is 1. The van der Waals surface area contributed by atoms with Crippen LogP contribution in [0.3, 0.4) is 0 Å². The third kappa shape index (κ3) is 4.64. The normalized spacial score (nSPS) is 19.5. The summed E-state index contributed by atoms with van der Waals surface area (Å²) in [5.41, 5.74) is -0.343. The second-order valence-electron chi connectivity index (χ2n) is 6.49. The van der Waals surface area contributed by atoms with Crippen molar-refractivity contribution in [3.8, 4) is 0 Å². The first kappa shape index (κ1) is 20.4. The smallest absolute Gasteiger partial charge is 0.324 e. The average molecular weight is 366 g/mol. The number of methoxy groups -OCH3 is 2.